The Morgan fingerprint density at radius 2 is 1.96 bits per heavy atom. The molecule has 0 aliphatic carbocycles. The normalized spacial score (nSPS) is 21.2. The van der Waals surface area contributed by atoms with Crippen molar-refractivity contribution < 1.29 is 13.2 Å². The fraction of sp³-hybridized carbons (Fsp3) is 0.571. The van der Waals surface area contributed by atoms with E-state index < -0.39 is 10.0 Å². The summed E-state index contributed by atoms with van der Waals surface area (Å²) in [5.74, 6) is -0.156. The molecule has 0 aromatic heterocycles. The first-order valence-electron chi connectivity index (χ1n) is 7.00. The van der Waals surface area contributed by atoms with E-state index in [4.69, 9.17) is 27.9 Å². The molecule has 1 heterocycles. The van der Waals surface area contributed by atoms with E-state index in [1.807, 2.05) is 0 Å². The van der Waals surface area contributed by atoms with Crippen molar-refractivity contribution in [3.63, 3.8) is 0 Å². The first-order valence-corrected chi connectivity index (χ1v) is 9.41. The number of methoxy groups -OCH3 is 1. The highest BCUT2D eigenvalue weighted by atomic mass is 35.5. The molecule has 1 aromatic carbocycles. The molecule has 9 heteroatoms. The van der Waals surface area contributed by atoms with Crippen molar-refractivity contribution in [1.29, 1.82) is 0 Å². The summed E-state index contributed by atoms with van der Waals surface area (Å²) in [4.78, 5) is 0. The minimum Gasteiger partial charge on any atom is -0.383 e. The number of rotatable bonds is 7. The smallest absolute Gasteiger partial charge is 0.215 e. The van der Waals surface area contributed by atoms with E-state index in [-0.39, 0.29) is 23.7 Å². The molecule has 1 aliphatic heterocycles. The van der Waals surface area contributed by atoms with Gasteiger partial charge >= 0.3 is 0 Å². The van der Waals surface area contributed by atoms with Gasteiger partial charge in [-0.1, -0.05) is 23.2 Å². The molecule has 1 aromatic rings. The number of halogens is 3. The summed E-state index contributed by atoms with van der Waals surface area (Å²) in [5, 5.41) is 4.18. The molecule has 2 rings (SSSR count). The molecule has 23 heavy (non-hydrogen) atoms. The van der Waals surface area contributed by atoms with Gasteiger partial charge in [0.25, 0.3) is 0 Å². The van der Waals surface area contributed by atoms with Gasteiger partial charge in [-0.25, -0.2) is 13.1 Å². The molecule has 1 saturated heterocycles. The molecule has 0 amide bonds. The lowest BCUT2D eigenvalue weighted by atomic mass is 9.99. The van der Waals surface area contributed by atoms with Crippen LogP contribution in [0.2, 0.25) is 10.0 Å². The van der Waals surface area contributed by atoms with Crippen LogP contribution in [0.1, 0.15) is 18.4 Å². The Kier molecular flexibility index (Phi) is 8.07. The average molecular weight is 404 g/mol. The van der Waals surface area contributed by atoms with E-state index in [0.29, 0.717) is 28.8 Å². The van der Waals surface area contributed by atoms with Crippen LogP contribution in [0.4, 0.5) is 0 Å². The van der Waals surface area contributed by atoms with Crippen LogP contribution in [-0.2, 0) is 20.5 Å². The lowest BCUT2D eigenvalue weighted by molar-refractivity contribution is 0.122. The third-order valence-corrected chi connectivity index (χ3v) is 5.40. The molecule has 0 radical (unpaired) electrons. The number of nitrogens with one attached hydrogen (secondary N) is 2. The Labute approximate surface area is 153 Å². The molecule has 0 saturated carbocycles. The second-order valence-electron chi connectivity index (χ2n) is 5.60. The second-order valence-corrected chi connectivity index (χ2v) is 8.28. The van der Waals surface area contributed by atoms with Gasteiger partial charge in [0.15, 0.2) is 0 Å². The fourth-order valence-electron chi connectivity index (χ4n) is 2.68. The van der Waals surface area contributed by atoms with Gasteiger partial charge in [-0.15, -0.1) is 12.4 Å². The standard InChI is InChI=1S/C14H20Cl2N2O3S.ClH/c1-21-10-14(3-2-4-17-14)9-18-22(19,20)8-11-5-12(15)7-13(16)6-11;/h5-7,17-18H,2-4,8-10H2,1H3;1H. The maximum Gasteiger partial charge on any atom is 0.215 e. The molecule has 1 atom stereocenters. The summed E-state index contributed by atoms with van der Waals surface area (Å²) in [6.45, 7) is 1.64. The predicted molar refractivity (Wildman–Crippen MR) is 96.2 cm³/mol. The van der Waals surface area contributed by atoms with Crippen molar-refractivity contribution in [2.75, 3.05) is 26.8 Å². The number of sulfonamides is 1. The summed E-state index contributed by atoms with van der Waals surface area (Å²) in [5.41, 5.74) is 0.235. The van der Waals surface area contributed by atoms with Gasteiger partial charge in [0, 0.05) is 23.7 Å². The van der Waals surface area contributed by atoms with Gasteiger partial charge in [0.05, 0.1) is 17.9 Å². The molecule has 1 aliphatic rings. The molecule has 5 nitrogen and oxygen atoms in total. The third-order valence-electron chi connectivity index (χ3n) is 3.66. The van der Waals surface area contributed by atoms with Gasteiger partial charge < -0.3 is 10.1 Å². The van der Waals surface area contributed by atoms with Crippen LogP contribution in [-0.4, -0.2) is 40.8 Å². The first-order chi connectivity index (χ1) is 10.3. The van der Waals surface area contributed by atoms with Crippen LogP contribution in [0.15, 0.2) is 18.2 Å². The van der Waals surface area contributed by atoms with Crippen LogP contribution in [0.25, 0.3) is 0 Å². The van der Waals surface area contributed by atoms with E-state index in [9.17, 15) is 8.42 Å². The van der Waals surface area contributed by atoms with Crippen LogP contribution >= 0.6 is 35.6 Å². The molecule has 1 unspecified atom stereocenters. The van der Waals surface area contributed by atoms with Gasteiger partial charge in [0.2, 0.25) is 10.0 Å². The minimum absolute atomic E-state index is 0. The van der Waals surface area contributed by atoms with Gasteiger partial charge in [0.1, 0.15) is 0 Å². The molecule has 0 bridgehead atoms. The highest BCUT2D eigenvalue weighted by Gasteiger charge is 2.34. The van der Waals surface area contributed by atoms with Crippen LogP contribution in [0, 0.1) is 0 Å². The topological polar surface area (TPSA) is 67.4 Å². The van der Waals surface area contributed by atoms with Gasteiger partial charge in [-0.3, -0.25) is 0 Å². The summed E-state index contributed by atoms with van der Waals surface area (Å²) in [6.07, 6.45) is 1.89. The van der Waals surface area contributed by atoms with E-state index in [1.54, 1.807) is 25.3 Å². The Bertz CT molecular complexity index is 599. The highest BCUT2D eigenvalue weighted by molar-refractivity contribution is 7.88. The first kappa shape index (κ1) is 21.0. The molecular weight excluding hydrogens is 383 g/mol. The Morgan fingerprint density at radius 3 is 2.48 bits per heavy atom. The zero-order valence-corrected chi connectivity index (χ0v) is 15.9. The third kappa shape index (κ3) is 6.38. The van der Waals surface area contributed by atoms with Crippen molar-refractivity contribution in [3.05, 3.63) is 33.8 Å². The zero-order valence-electron chi connectivity index (χ0n) is 12.8. The van der Waals surface area contributed by atoms with E-state index >= 15 is 0 Å². The summed E-state index contributed by atoms with van der Waals surface area (Å²) in [6, 6.07) is 4.78. The Morgan fingerprint density at radius 1 is 1.30 bits per heavy atom. The maximum absolute atomic E-state index is 12.3. The van der Waals surface area contributed by atoms with Crippen molar-refractivity contribution in [2.45, 2.75) is 24.1 Å². The number of benzene rings is 1. The minimum atomic E-state index is -3.47. The predicted octanol–water partition coefficient (Wildman–Crippen LogP) is 2.60. The number of hydrogen-bond donors (Lipinski definition) is 2. The quantitative estimate of drug-likeness (QED) is 0.734. The van der Waals surface area contributed by atoms with Crippen molar-refractivity contribution >= 4 is 45.6 Å². The second kappa shape index (κ2) is 8.85. The molecule has 1 fully saturated rings. The summed E-state index contributed by atoms with van der Waals surface area (Å²) >= 11 is 11.8. The molecule has 2 N–H and O–H groups in total. The highest BCUT2D eigenvalue weighted by Crippen LogP contribution is 2.22. The molecule has 132 valence electrons. The Balaban J connectivity index is 0.00000264. The average Bonchev–Trinajstić information content (AvgIpc) is 2.84. The van der Waals surface area contributed by atoms with Gasteiger partial charge in [-0.05, 0) is 43.1 Å². The SMILES string of the molecule is COCC1(CNS(=O)(=O)Cc2cc(Cl)cc(Cl)c2)CCCN1.Cl. The maximum atomic E-state index is 12.3. The van der Waals surface area contributed by atoms with Crippen molar-refractivity contribution in [1.82, 2.24) is 10.0 Å². The lowest BCUT2D eigenvalue weighted by Crippen LogP contribution is -2.53. The van der Waals surface area contributed by atoms with Crippen molar-refractivity contribution in [3.8, 4) is 0 Å². The Hall–Kier alpha value is -0.0800. The molecule has 0 spiro atoms. The molecular formula is C14H21Cl3N2O3S. The van der Waals surface area contributed by atoms with Crippen LogP contribution in [0.5, 0.6) is 0 Å². The lowest BCUT2D eigenvalue weighted by Gasteiger charge is -2.28. The van der Waals surface area contributed by atoms with Crippen LogP contribution < -0.4 is 10.0 Å². The van der Waals surface area contributed by atoms with E-state index in [2.05, 4.69) is 10.0 Å². The summed E-state index contributed by atoms with van der Waals surface area (Å²) in [7, 11) is -1.86. The van der Waals surface area contributed by atoms with E-state index in [0.717, 1.165) is 19.4 Å². The fourth-order valence-corrected chi connectivity index (χ4v) is 4.46. The van der Waals surface area contributed by atoms with Gasteiger partial charge in [-0.2, -0.15) is 0 Å². The zero-order chi connectivity index (χ0) is 16.2. The summed E-state index contributed by atoms with van der Waals surface area (Å²) < 4.78 is 32.4. The van der Waals surface area contributed by atoms with Crippen LogP contribution in [0.3, 0.4) is 0 Å². The largest absolute Gasteiger partial charge is 0.383 e. The number of ether oxygens (including phenoxy) is 1. The van der Waals surface area contributed by atoms with E-state index in [1.165, 1.54) is 0 Å². The van der Waals surface area contributed by atoms with Crippen molar-refractivity contribution in [2.24, 2.45) is 0 Å². The monoisotopic (exact) mass is 402 g/mol. The number of hydrogen-bond acceptors (Lipinski definition) is 4.